The van der Waals surface area contributed by atoms with Crippen LogP contribution in [0.15, 0.2) is 12.5 Å². The van der Waals surface area contributed by atoms with Gasteiger partial charge < -0.3 is 9.47 Å². The minimum atomic E-state index is 0.0402. The molecule has 4 heteroatoms. The van der Waals surface area contributed by atoms with E-state index in [1.807, 2.05) is 14.1 Å². The molecule has 1 heterocycles. The van der Waals surface area contributed by atoms with Crippen molar-refractivity contribution in [3.8, 4) is 0 Å². The molecular weight excluding hydrogens is 178 g/mol. The summed E-state index contributed by atoms with van der Waals surface area (Å²) in [6, 6.07) is 0. The lowest BCUT2D eigenvalue weighted by Crippen LogP contribution is -2.29. The van der Waals surface area contributed by atoms with E-state index < -0.39 is 0 Å². The van der Waals surface area contributed by atoms with Crippen molar-refractivity contribution in [3.63, 3.8) is 0 Å². The van der Waals surface area contributed by atoms with Gasteiger partial charge in [0.05, 0.1) is 12.5 Å². The molecule has 0 radical (unpaired) electrons. The van der Waals surface area contributed by atoms with Gasteiger partial charge in [-0.05, 0) is 6.42 Å². The SMILES string of the molecule is CCCCN(C)C(=O)c1cncn1C. The van der Waals surface area contributed by atoms with Gasteiger partial charge in [0.25, 0.3) is 5.91 Å². The zero-order valence-electron chi connectivity index (χ0n) is 9.03. The third-order valence-electron chi connectivity index (χ3n) is 2.23. The number of hydrogen-bond acceptors (Lipinski definition) is 2. The van der Waals surface area contributed by atoms with Gasteiger partial charge in [-0.2, -0.15) is 0 Å². The molecule has 0 unspecified atom stereocenters. The highest BCUT2D eigenvalue weighted by atomic mass is 16.2. The number of nitrogens with zero attached hydrogens (tertiary/aromatic N) is 3. The Hall–Kier alpha value is -1.32. The predicted octanol–water partition coefficient (Wildman–Crippen LogP) is 1.29. The van der Waals surface area contributed by atoms with Crippen molar-refractivity contribution in [2.75, 3.05) is 13.6 Å². The molecule has 0 aliphatic heterocycles. The highest BCUT2D eigenvalue weighted by Gasteiger charge is 2.13. The summed E-state index contributed by atoms with van der Waals surface area (Å²) in [6.07, 6.45) is 5.38. The second-order valence-corrected chi connectivity index (χ2v) is 3.47. The van der Waals surface area contributed by atoms with Crippen LogP contribution in [0.25, 0.3) is 0 Å². The van der Waals surface area contributed by atoms with Crippen molar-refractivity contribution >= 4 is 5.91 Å². The molecule has 0 saturated carbocycles. The van der Waals surface area contributed by atoms with E-state index in [0.29, 0.717) is 5.69 Å². The van der Waals surface area contributed by atoms with Crippen molar-refractivity contribution in [1.82, 2.24) is 14.5 Å². The minimum absolute atomic E-state index is 0.0402. The Balaban J connectivity index is 2.61. The Labute approximate surface area is 84.5 Å². The molecule has 0 aliphatic carbocycles. The van der Waals surface area contributed by atoms with Crippen LogP contribution < -0.4 is 0 Å². The van der Waals surface area contributed by atoms with E-state index in [-0.39, 0.29) is 5.91 Å². The van der Waals surface area contributed by atoms with Gasteiger partial charge in [-0.1, -0.05) is 13.3 Å². The van der Waals surface area contributed by atoms with E-state index in [1.165, 1.54) is 0 Å². The number of rotatable bonds is 4. The molecule has 0 aliphatic rings. The fraction of sp³-hybridized carbons (Fsp3) is 0.600. The van der Waals surface area contributed by atoms with Gasteiger partial charge in [0.15, 0.2) is 0 Å². The third-order valence-corrected chi connectivity index (χ3v) is 2.23. The first-order valence-electron chi connectivity index (χ1n) is 4.88. The number of hydrogen-bond donors (Lipinski definition) is 0. The average molecular weight is 195 g/mol. The molecule has 0 spiro atoms. The zero-order valence-corrected chi connectivity index (χ0v) is 9.03. The van der Waals surface area contributed by atoms with Crippen molar-refractivity contribution in [2.45, 2.75) is 19.8 Å². The Bertz CT molecular complexity index is 306. The molecule has 0 saturated heterocycles. The zero-order chi connectivity index (χ0) is 10.6. The predicted molar refractivity (Wildman–Crippen MR) is 55.1 cm³/mol. The summed E-state index contributed by atoms with van der Waals surface area (Å²) in [5, 5.41) is 0. The molecule has 1 amide bonds. The van der Waals surface area contributed by atoms with E-state index in [1.54, 1.807) is 22.0 Å². The average Bonchev–Trinajstić information content (AvgIpc) is 2.59. The summed E-state index contributed by atoms with van der Waals surface area (Å²) in [7, 11) is 3.65. The number of imidazole rings is 1. The molecule has 4 nitrogen and oxygen atoms in total. The standard InChI is InChI=1S/C10H17N3O/c1-4-5-6-12(2)10(14)9-7-11-8-13(9)3/h7-8H,4-6H2,1-3H3. The second kappa shape index (κ2) is 4.79. The van der Waals surface area contributed by atoms with Crippen LogP contribution in [-0.4, -0.2) is 34.0 Å². The van der Waals surface area contributed by atoms with E-state index in [9.17, 15) is 4.79 Å². The molecule has 1 aromatic rings. The van der Waals surface area contributed by atoms with Crippen LogP contribution in [-0.2, 0) is 7.05 Å². The maximum atomic E-state index is 11.8. The molecule has 1 aromatic heterocycles. The van der Waals surface area contributed by atoms with E-state index in [4.69, 9.17) is 0 Å². The van der Waals surface area contributed by atoms with Crippen molar-refractivity contribution in [1.29, 1.82) is 0 Å². The Kier molecular flexibility index (Phi) is 3.68. The van der Waals surface area contributed by atoms with Gasteiger partial charge in [-0.25, -0.2) is 4.98 Å². The molecule has 0 fully saturated rings. The lowest BCUT2D eigenvalue weighted by molar-refractivity contribution is 0.0784. The number of unbranched alkanes of at least 4 members (excludes halogenated alkanes) is 1. The van der Waals surface area contributed by atoms with Gasteiger partial charge in [0.1, 0.15) is 5.69 Å². The molecule has 14 heavy (non-hydrogen) atoms. The third kappa shape index (κ3) is 2.34. The van der Waals surface area contributed by atoms with Crippen molar-refractivity contribution in [2.24, 2.45) is 7.05 Å². The van der Waals surface area contributed by atoms with Gasteiger partial charge in [-0.15, -0.1) is 0 Å². The van der Waals surface area contributed by atoms with Gasteiger partial charge in [0.2, 0.25) is 0 Å². The van der Waals surface area contributed by atoms with Crippen LogP contribution in [0.2, 0.25) is 0 Å². The Morgan fingerprint density at radius 3 is 2.86 bits per heavy atom. The molecular formula is C10H17N3O. The molecule has 0 bridgehead atoms. The maximum Gasteiger partial charge on any atom is 0.271 e. The lowest BCUT2D eigenvalue weighted by atomic mass is 10.3. The fourth-order valence-corrected chi connectivity index (χ4v) is 1.26. The van der Waals surface area contributed by atoms with Crippen molar-refractivity contribution < 1.29 is 4.79 Å². The number of aryl methyl sites for hydroxylation is 1. The van der Waals surface area contributed by atoms with Crippen molar-refractivity contribution in [3.05, 3.63) is 18.2 Å². The topological polar surface area (TPSA) is 38.1 Å². The molecule has 78 valence electrons. The molecule has 0 N–H and O–H groups in total. The summed E-state index contributed by atoms with van der Waals surface area (Å²) < 4.78 is 1.74. The first-order chi connectivity index (χ1) is 6.66. The smallest absolute Gasteiger partial charge is 0.271 e. The van der Waals surface area contributed by atoms with Crippen LogP contribution in [0.1, 0.15) is 30.3 Å². The Morgan fingerprint density at radius 1 is 1.64 bits per heavy atom. The van der Waals surface area contributed by atoms with E-state index in [0.717, 1.165) is 19.4 Å². The van der Waals surface area contributed by atoms with E-state index >= 15 is 0 Å². The quantitative estimate of drug-likeness (QED) is 0.726. The summed E-state index contributed by atoms with van der Waals surface area (Å²) >= 11 is 0. The molecule has 0 atom stereocenters. The highest BCUT2D eigenvalue weighted by Crippen LogP contribution is 2.02. The maximum absolute atomic E-state index is 11.8. The second-order valence-electron chi connectivity index (χ2n) is 3.47. The summed E-state index contributed by atoms with van der Waals surface area (Å²) in [5.74, 6) is 0.0402. The summed E-state index contributed by atoms with van der Waals surface area (Å²) in [5.41, 5.74) is 0.642. The largest absolute Gasteiger partial charge is 0.340 e. The van der Waals surface area contributed by atoms with Crippen LogP contribution in [0.4, 0.5) is 0 Å². The minimum Gasteiger partial charge on any atom is -0.340 e. The van der Waals surface area contributed by atoms with Crippen LogP contribution in [0.3, 0.4) is 0 Å². The number of aromatic nitrogens is 2. The lowest BCUT2D eigenvalue weighted by Gasteiger charge is -2.16. The summed E-state index contributed by atoms with van der Waals surface area (Å²) in [4.78, 5) is 17.5. The number of amides is 1. The highest BCUT2D eigenvalue weighted by molar-refractivity contribution is 5.92. The van der Waals surface area contributed by atoms with Crippen LogP contribution >= 0.6 is 0 Å². The fourth-order valence-electron chi connectivity index (χ4n) is 1.26. The Morgan fingerprint density at radius 2 is 2.36 bits per heavy atom. The first-order valence-corrected chi connectivity index (χ1v) is 4.88. The number of carbonyl (C=O) groups is 1. The van der Waals surface area contributed by atoms with E-state index in [2.05, 4.69) is 11.9 Å². The van der Waals surface area contributed by atoms with Gasteiger partial charge in [0, 0.05) is 20.6 Å². The monoisotopic (exact) mass is 195 g/mol. The van der Waals surface area contributed by atoms with Crippen LogP contribution in [0.5, 0.6) is 0 Å². The molecule has 1 rings (SSSR count). The normalized spacial score (nSPS) is 10.2. The molecule has 0 aromatic carbocycles. The summed E-state index contributed by atoms with van der Waals surface area (Å²) in [6.45, 7) is 2.92. The van der Waals surface area contributed by atoms with Gasteiger partial charge >= 0.3 is 0 Å². The van der Waals surface area contributed by atoms with Crippen LogP contribution in [0, 0.1) is 0 Å². The van der Waals surface area contributed by atoms with Gasteiger partial charge in [-0.3, -0.25) is 4.79 Å². The first kappa shape index (κ1) is 10.8. The number of carbonyl (C=O) groups excluding carboxylic acids is 1.